The predicted molar refractivity (Wildman–Crippen MR) is 96.1 cm³/mol. The molecule has 0 bridgehead atoms. The van der Waals surface area contributed by atoms with Gasteiger partial charge in [-0.1, -0.05) is 6.07 Å². The maximum absolute atomic E-state index is 5.94. The van der Waals surface area contributed by atoms with Crippen LogP contribution in [-0.4, -0.2) is 37.6 Å². The maximum Gasteiger partial charge on any atom is 0.0952 e. The van der Waals surface area contributed by atoms with Gasteiger partial charge in [0.2, 0.25) is 0 Å². The van der Waals surface area contributed by atoms with Crippen molar-refractivity contribution < 1.29 is 4.74 Å². The molecular weight excluding hydrogens is 334 g/mol. The number of rotatable bonds is 6. The van der Waals surface area contributed by atoms with Gasteiger partial charge in [-0.25, -0.2) is 9.97 Å². The molecular formula is C18H21N5OS. The van der Waals surface area contributed by atoms with Gasteiger partial charge in [-0.3, -0.25) is 9.88 Å². The summed E-state index contributed by atoms with van der Waals surface area (Å²) < 4.78 is 8.17. The molecule has 4 rings (SSSR count). The molecule has 0 saturated heterocycles. The SMILES string of the molecule is Cc1nc(CN2Cc3cncn3C(COCc3ccccn3)C2)cs1. The van der Waals surface area contributed by atoms with Crippen molar-refractivity contribution in [3.63, 3.8) is 0 Å². The second kappa shape index (κ2) is 7.43. The smallest absolute Gasteiger partial charge is 0.0952 e. The molecule has 130 valence electrons. The lowest BCUT2D eigenvalue weighted by atomic mass is 10.2. The van der Waals surface area contributed by atoms with Crippen LogP contribution in [0.4, 0.5) is 0 Å². The van der Waals surface area contributed by atoms with Crippen molar-refractivity contribution in [3.05, 3.63) is 64.4 Å². The zero-order valence-electron chi connectivity index (χ0n) is 14.2. The third kappa shape index (κ3) is 3.95. The van der Waals surface area contributed by atoms with Gasteiger partial charge in [0.05, 0.1) is 47.7 Å². The first kappa shape index (κ1) is 16.4. The highest BCUT2D eigenvalue weighted by atomic mass is 32.1. The van der Waals surface area contributed by atoms with E-state index in [0.717, 1.165) is 36.0 Å². The molecule has 1 atom stereocenters. The standard InChI is InChI=1S/C18H21N5OS/c1-14-21-16(12-25-14)7-22-8-17-6-19-13-23(17)18(9-22)11-24-10-15-4-2-3-5-20-15/h2-6,12-13,18H,7-11H2,1H3. The van der Waals surface area contributed by atoms with Crippen molar-refractivity contribution >= 4 is 11.3 Å². The van der Waals surface area contributed by atoms with Crippen molar-refractivity contribution in [2.75, 3.05) is 13.2 Å². The Labute approximate surface area is 151 Å². The number of imidazole rings is 1. The molecule has 0 radical (unpaired) electrons. The third-order valence-corrected chi connectivity index (χ3v) is 5.16. The number of ether oxygens (including phenoxy) is 1. The minimum Gasteiger partial charge on any atom is -0.373 e. The quantitative estimate of drug-likeness (QED) is 0.680. The van der Waals surface area contributed by atoms with Crippen LogP contribution < -0.4 is 0 Å². The zero-order chi connectivity index (χ0) is 17.1. The van der Waals surface area contributed by atoms with Gasteiger partial charge < -0.3 is 9.30 Å². The number of fused-ring (bicyclic) bond motifs is 1. The van der Waals surface area contributed by atoms with Crippen LogP contribution in [0.5, 0.6) is 0 Å². The van der Waals surface area contributed by atoms with Crippen LogP contribution in [0.25, 0.3) is 0 Å². The Kier molecular flexibility index (Phi) is 4.87. The Morgan fingerprint density at radius 1 is 1.32 bits per heavy atom. The maximum atomic E-state index is 5.94. The lowest BCUT2D eigenvalue weighted by Gasteiger charge is -2.34. The molecule has 3 aromatic heterocycles. The number of aryl methyl sites for hydroxylation is 1. The summed E-state index contributed by atoms with van der Waals surface area (Å²) >= 11 is 1.71. The molecule has 7 heteroatoms. The van der Waals surface area contributed by atoms with E-state index >= 15 is 0 Å². The van der Waals surface area contributed by atoms with E-state index < -0.39 is 0 Å². The minimum absolute atomic E-state index is 0.259. The lowest BCUT2D eigenvalue weighted by Crippen LogP contribution is -2.38. The average Bonchev–Trinajstić information content (AvgIpc) is 3.25. The number of aromatic nitrogens is 4. The fourth-order valence-electron chi connectivity index (χ4n) is 3.21. The van der Waals surface area contributed by atoms with E-state index in [9.17, 15) is 0 Å². The van der Waals surface area contributed by atoms with Gasteiger partial charge in [0.1, 0.15) is 0 Å². The highest BCUT2D eigenvalue weighted by Crippen LogP contribution is 2.23. The molecule has 0 aliphatic carbocycles. The first-order valence-corrected chi connectivity index (χ1v) is 9.27. The van der Waals surface area contributed by atoms with Crippen LogP contribution in [0, 0.1) is 6.92 Å². The van der Waals surface area contributed by atoms with Crippen molar-refractivity contribution in [1.29, 1.82) is 0 Å². The Hall–Kier alpha value is -2.09. The van der Waals surface area contributed by atoms with Crippen molar-refractivity contribution in [1.82, 2.24) is 24.4 Å². The second-order valence-electron chi connectivity index (χ2n) is 6.31. The third-order valence-electron chi connectivity index (χ3n) is 4.33. The predicted octanol–water partition coefficient (Wildman–Crippen LogP) is 2.82. The van der Waals surface area contributed by atoms with E-state index in [4.69, 9.17) is 4.74 Å². The van der Waals surface area contributed by atoms with E-state index in [1.165, 1.54) is 5.69 Å². The summed E-state index contributed by atoms with van der Waals surface area (Å²) in [6.07, 6.45) is 5.66. The fourth-order valence-corrected chi connectivity index (χ4v) is 3.81. The van der Waals surface area contributed by atoms with Crippen LogP contribution in [0.2, 0.25) is 0 Å². The normalized spacial score (nSPS) is 17.6. The molecule has 3 aromatic rings. The molecule has 0 fully saturated rings. The summed E-state index contributed by atoms with van der Waals surface area (Å²) in [5.74, 6) is 0. The molecule has 4 heterocycles. The van der Waals surface area contributed by atoms with Gasteiger partial charge in [0, 0.05) is 37.4 Å². The van der Waals surface area contributed by atoms with E-state index in [1.807, 2.05) is 37.6 Å². The highest BCUT2D eigenvalue weighted by Gasteiger charge is 2.25. The molecule has 25 heavy (non-hydrogen) atoms. The van der Waals surface area contributed by atoms with Gasteiger partial charge in [0.25, 0.3) is 0 Å². The van der Waals surface area contributed by atoms with Crippen LogP contribution in [0.3, 0.4) is 0 Å². The van der Waals surface area contributed by atoms with Gasteiger partial charge in [-0.05, 0) is 19.1 Å². The van der Waals surface area contributed by atoms with Crippen molar-refractivity contribution in [2.45, 2.75) is 32.7 Å². The Morgan fingerprint density at radius 2 is 2.28 bits per heavy atom. The van der Waals surface area contributed by atoms with Gasteiger partial charge in [0.15, 0.2) is 0 Å². The van der Waals surface area contributed by atoms with Gasteiger partial charge >= 0.3 is 0 Å². The van der Waals surface area contributed by atoms with Gasteiger partial charge in [-0.2, -0.15) is 0 Å². The van der Waals surface area contributed by atoms with E-state index in [0.29, 0.717) is 13.2 Å². The molecule has 0 saturated carbocycles. The Balaban J connectivity index is 1.40. The number of thiazole rings is 1. The van der Waals surface area contributed by atoms with E-state index in [-0.39, 0.29) is 6.04 Å². The molecule has 1 aliphatic rings. The van der Waals surface area contributed by atoms with E-state index in [2.05, 4.69) is 29.8 Å². The van der Waals surface area contributed by atoms with Crippen LogP contribution in [-0.2, 0) is 24.4 Å². The summed E-state index contributed by atoms with van der Waals surface area (Å²) in [4.78, 5) is 15.6. The number of nitrogens with zero attached hydrogens (tertiary/aromatic N) is 5. The summed E-state index contributed by atoms with van der Waals surface area (Å²) in [6.45, 7) is 5.93. The average molecular weight is 355 g/mol. The minimum atomic E-state index is 0.259. The number of pyridine rings is 1. The van der Waals surface area contributed by atoms with E-state index in [1.54, 1.807) is 17.5 Å². The lowest BCUT2D eigenvalue weighted by molar-refractivity contribution is 0.0570. The Morgan fingerprint density at radius 3 is 3.08 bits per heavy atom. The van der Waals surface area contributed by atoms with Crippen LogP contribution >= 0.6 is 11.3 Å². The summed E-state index contributed by atoms with van der Waals surface area (Å²) in [6, 6.07) is 6.15. The largest absolute Gasteiger partial charge is 0.373 e. The molecule has 0 aromatic carbocycles. The fraction of sp³-hybridized carbons (Fsp3) is 0.389. The monoisotopic (exact) mass is 355 g/mol. The molecule has 0 amide bonds. The van der Waals surface area contributed by atoms with Crippen LogP contribution in [0.15, 0.2) is 42.3 Å². The molecule has 6 nitrogen and oxygen atoms in total. The number of hydrogen-bond donors (Lipinski definition) is 0. The van der Waals surface area contributed by atoms with Crippen molar-refractivity contribution in [3.8, 4) is 0 Å². The molecule has 0 N–H and O–H groups in total. The van der Waals surface area contributed by atoms with Crippen molar-refractivity contribution in [2.24, 2.45) is 0 Å². The summed E-state index contributed by atoms with van der Waals surface area (Å²) in [5, 5.41) is 3.26. The number of hydrogen-bond acceptors (Lipinski definition) is 6. The Bertz CT molecular complexity index is 816. The zero-order valence-corrected chi connectivity index (χ0v) is 15.0. The second-order valence-corrected chi connectivity index (χ2v) is 7.37. The van der Waals surface area contributed by atoms with Crippen LogP contribution in [0.1, 0.15) is 28.1 Å². The first-order chi connectivity index (χ1) is 12.3. The molecule has 1 unspecified atom stereocenters. The topological polar surface area (TPSA) is 56.1 Å². The van der Waals surface area contributed by atoms with Gasteiger partial charge in [-0.15, -0.1) is 11.3 Å². The molecule has 1 aliphatic heterocycles. The summed E-state index contributed by atoms with van der Waals surface area (Å²) in [7, 11) is 0. The summed E-state index contributed by atoms with van der Waals surface area (Å²) in [5.41, 5.74) is 3.33. The molecule has 0 spiro atoms. The highest BCUT2D eigenvalue weighted by molar-refractivity contribution is 7.09. The first-order valence-electron chi connectivity index (χ1n) is 8.39.